The molecule has 1 fully saturated rings. The number of amidine groups is 1. The lowest BCUT2D eigenvalue weighted by Crippen LogP contribution is -2.43. The van der Waals surface area contributed by atoms with Crippen molar-refractivity contribution in [2.45, 2.75) is 32.2 Å². The van der Waals surface area contributed by atoms with E-state index >= 15 is 0 Å². The lowest BCUT2D eigenvalue weighted by Gasteiger charge is -2.17. The highest BCUT2D eigenvalue weighted by atomic mass is 16.5. The second-order valence-electron chi connectivity index (χ2n) is 3.94. The summed E-state index contributed by atoms with van der Waals surface area (Å²) in [5.74, 6) is -0.762. The molecule has 4 N–H and O–H groups in total. The predicted octanol–water partition coefficient (Wildman–Crippen LogP) is 0.0542. The molecule has 92 valence electrons. The maximum Gasteiger partial charge on any atom is 0.231 e. The van der Waals surface area contributed by atoms with Gasteiger partial charge in [-0.05, 0) is 12.8 Å². The van der Waals surface area contributed by atoms with Crippen LogP contribution in [0.4, 0.5) is 0 Å². The molecule has 1 rings (SSSR count). The first-order valence-corrected chi connectivity index (χ1v) is 5.54. The molecule has 0 aromatic rings. The molecule has 0 aliphatic carbocycles. The van der Waals surface area contributed by atoms with Crippen LogP contribution in [0, 0.1) is 5.92 Å². The molecular weight excluding hydrogens is 210 g/mol. The summed E-state index contributed by atoms with van der Waals surface area (Å²) in [6, 6.07) is 0.0540. The van der Waals surface area contributed by atoms with Crippen LogP contribution in [0.5, 0.6) is 0 Å². The standard InChI is InChI=1S/C10H19N3O3/c1-2-3-8(9(11)13-15)10(14)12-7-4-5-16-6-7/h7-8,15H,2-6H2,1H3,(H2,11,13)(H,12,14). The van der Waals surface area contributed by atoms with E-state index in [0.29, 0.717) is 19.6 Å². The molecular formula is C10H19N3O3. The number of nitrogens with zero attached hydrogens (tertiary/aromatic N) is 1. The van der Waals surface area contributed by atoms with E-state index in [1.807, 2.05) is 6.92 Å². The van der Waals surface area contributed by atoms with Crippen molar-refractivity contribution in [3.05, 3.63) is 0 Å². The average Bonchev–Trinajstić information content (AvgIpc) is 2.77. The molecule has 2 atom stereocenters. The SMILES string of the molecule is CCCC(C(=O)NC1CCOC1)C(N)=NO. The van der Waals surface area contributed by atoms with Crippen LogP contribution in [0.15, 0.2) is 5.16 Å². The fourth-order valence-electron chi connectivity index (χ4n) is 1.72. The third-order valence-corrected chi connectivity index (χ3v) is 2.64. The van der Waals surface area contributed by atoms with E-state index in [1.54, 1.807) is 0 Å². The Morgan fingerprint density at radius 3 is 3.00 bits per heavy atom. The highest BCUT2D eigenvalue weighted by molar-refractivity contribution is 6.02. The quantitative estimate of drug-likeness (QED) is 0.269. The normalized spacial score (nSPS) is 23.1. The van der Waals surface area contributed by atoms with Crippen molar-refractivity contribution in [2.24, 2.45) is 16.8 Å². The summed E-state index contributed by atoms with van der Waals surface area (Å²) in [6.45, 7) is 3.16. The zero-order valence-corrected chi connectivity index (χ0v) is 9.48. The molecule has 2 unspecified atom stereocenters. The summed E-state index contributed by atoms with van der Waals surface area (Å²) < 4.78 is 5.16. The summed E-state index contributed by atoms with van der Waals surface area (Å²) in [6.07, 6.45) is 2.20. The summed E-state index contributed by atoms with van der Waals surface area (Å²) in [7, 11) is 0. The van der Waals surface area contributed by atoms with E-state index in [9.17, 15) is 4.79 Å². The van der Waals surface area contributed by atoms with Gasteiger partial charge in [0, 0.05) is 6.61 Å². The largest absolute Gasteiger partial charge is 0.409 e. The Bertz CT molecular complexity index is 262. The third-order valence-electron chi connectivity index (χ3n) is 2.64. The van der Waals surface area contributed by atoms with Crippen LogP contribution in [0.2, 0.25) is 0 Å². The van der Waals surface area contributed by atoms with Gasteiger partial charge in [-0.1, -0.05) is 18.5 Å². The van der Waals surface area contributed by atoms with Gasteiger partial charge in [-0.25, -0.2) is 0 Å². The van der Waals surface area contributed by atoms with Crippen LogP contribution < -0.4 is 11.1 Å². The number of carbonyl (C=O) groups is 1. The monoisotopic (exact) mass is 229 g/mol. The molecule has 0 aromatic heterocycles. The van der Waals surface area contributed by atoms with Crippen molar-refractivity contribution < 1.29 is 14.7 Å². The maximum atomic E-state index is 11.9. The number of carbonyl (C=O) groups excluding carboxylic acids is 1. The molecule has 1 saturated heterocycles. The number of amides is 1. The Balaban J connectivity index is 2.52. The number of hydrogen-bond acceptors (Lipinski definition) is 4. The molecule has 1 heterocycles. The smallest absolute Gasteiger partial charge is 0.231 e. The third kappa shape index (κ3) is 3.37. The van der Waals surface area contributed by atoms with Crippen LogP contribution in [-0.4, -0.2) is 36.2 Å². The number of hydrogen-bond donors (Lipinski definition) is 3. The second kappa shape index (κ2) is 6.32. The van der Waals surface area contributed by atoms with Crippen molar-refractivity contribution in [1.29, 1.82) is 0 Å². The zero-order chi connectivity index (χ0) is 12.0. The summed E-state index contributed by atoms with van der Waals surface area (Å²) >= 11 is 0. The topological polar surface area (TPSA) is 96.9 Å². The molecule has 16 heavy (non-hydrogen) atoms. The lowest BCUT2D eigenvalue weighted by atomic mass is 10.0. The van der Waals surface area contributed by atoms with Crippen LogP contribution in [0.1, 0.15) is 26.2 Å². The Hall–Kier alpha value is -1.30. The number of ether oxygens (including phenoxy) is 1. The molecule has 1 aliphatic heterocycles. The molecule has 6 nitrogen and oxygen atoms in total. The number of nitrogens with two attached hydrogens (primary N) is 1. The van der Waals surface area contributed by atoms with E-state index in [4.69, 9.17) is 15.7 Å². The Labute approximate surface area is 94.8 Å². The molecule has 0 spiro atoms. The first kappa shape index (κ1) is 12.8. The summed E-state index contributed by atoms with van der Waals surface area (Å²) in [5, 5.41) is 14.3. The Morgan fingerprint density at radius 2 is 2.50 bits per heavy atom. The molecule has 0 radical (unpaired) electrons. The Morgan fingerprint density at radius 1 is 1.75 bits per heavy atom. The van der Waals surface area contributed by atoms with E-state index in [-0.39, 0.29) is 17.8 Å². The van der Waals surface area contributed by atoms with Crippen molar-refractivity contribution in [2.75, 3.05) is 13.2 Å². The minimum atomic E-state index is -0.546. The van der Waals surface area contributed by atoms with Crippen molar-refractivity contribution in [1.82, 2.24) is 5.32 Å². The van der Waals surface area contributed by atoms with E-state index in [0.717, 1.165) is 12.8 Å². The van der Waals surface area contributed by atoms with Gasteiger partial charge in [-0.3, -0.25) is 4.79 Å². The highest BCUT2D eigenvalue weighted by Gasteiger charge is 2.26. The van der Waals surface area contributed by atoms with Crippen LogP contribution in [0.3, 0.4) is 0 Å². The van der Waals surface area contributed by atoms with Crippen molar-refractivity contribution >= 4 is 11.7 Å². The van der Waals surface area contributed by atoms with Crippen molar-refractivity contribution in [3.8, 4) is 0 Å². The predicted molar refractivity (Wildman–Crippen MR) is 59.2 cm³/mol. The van der Waals surface area contributed by atoms with Gasteiger partial charge in [-0.2, -0.15) is 0 Å². The van der Waals surface area contributed by atoms with E-state index in [1.165, 1.54) is 0 Å². The number of nitrogens with one attached hydrogen (secondary N) is 1. The van der Waals surface area contributed by atoms with Gasteiger partial charge in [0.2, 0.25) is 5.91 Å². The molecule has 1 amide bonds. The second-order valence-corrected chi connectivity index (χ2v) is 3.94. The molecule has 0 aromatic carbocycles. The van der Waals surface area contributed by atoms with Gasteiger partial charge >= 0.3 is 0 Å². The fraction of sp³-hybridized carbons (Fsp3) is 0.800. The lowest BCUT2D eigenvalue weighted by molar-refractivity contribution is -0.124. The molecule has 6 heteroatoms. The molecule has 1 aliphatic rings. The minimum absolute atomic E-state index is 0.0294. The Kier molecular flexibility index (Phi) is 5.04. The van der Waals surface area contributed by atoms with Gasteiger partial charge in [0.25, 0.3) is 0 Å². The van der Waals surface area contributed by atoms with Crippen LogP contribution in [-0.2, 0) is 9.53 Å². The van der Waals surface area contributed by atoms with Crippen molar-refractivity contribution in [3.63, 3.8) is 0 Å². The number of rotatable bonds is 5. The minimum Gasteiger partial charge on any atom is -0.409 e. The van der Waals surface area contributed by atoms with Gasteiger partial charge in [0.1, 0.15) is 0 Å². The average molecular weight is 229 g/mol. The van der Waals surface area contributed by atoms with Crippen LogP contribution in [0.25, 0.3) is 0 Å². The van der Waals surface area contributed by atoms with E-state index < -0.39 is 5.92 Å². The molecule has 0 saturated carbocycles. The number of oxime groups is 1. The van der Waals surface area contributed by atoms with Crippen LogP contribution >= 0.6 is 0 Å². The first-order valence-electron chi connectivity index (χ1n) is 5.54. The molecule has 0 bridgehead atoms. The first-order chi connectivity index (χ1) is 7.69. The van der Waals surface area contributed by atoms with Gasteiger partial charge in [-0.15, -0.1) is 0 Å². The fourth-order valence-corrected chi connectivity index (χ4v) is 1.72. The zero-order valence-electron chi connectivity index (χ0n) is 9.48. The summed E-state index contributed by atoms with van der Waals surface area (Å²) in [5.41, 5.74) is 5.49. The van der Waals surface area contributed by atoms with Gasteiger partial charge in [0.05, 0.1) is 18.6 Å². The highest BCUT2D eigenvalue weighted by Crippen LogP contribution is 2.10. The maximum absolute atomic E-state index is 11.9. The summed E-state index contributed by atoms with van der Waals surface area (Å²) in [4.78, 5) is 11.9. The van der Waals surface area contributed by atoms with Gasteiger partial charge < -0.3 is 21.0 Å². The van der Waals surface area contributed by atoms with Gasteiger partial charge in [0.15, 0.2) is 5.84 Å². The van der Waals surface area contributed by atoms with E-state index in [2.05, 4.69) is 10.5 Å².